The number of aromatic amines is 1. The number of methoxy groups -OCH3 is 1. The van der Waals surface area contributed by atoms with E-state index >= 15 is 0 Å². The summed E-state index contributed by atoms with van der Waals surface area (Å²) in [5.41, 5.74) is 1.63. The number of nitrogens with one attached hydrogen (secondary N) is 2. The van der Waals surface area contributed by atoms with Crippen LogP contribution in [-0.4, -0.2) is 41.3 Å². The molecule has 1 aliphatic rings. The molecule has 2 aromatic heterocycles. The zero-order valence-corrected chi connectivity index (χ0v) is 11.1. The third-order valence-corrected chi connectivity index (χ3v) is 3.38. The first-order chi connectivity index (χ1) is 9.30. The molecule has 1 aliphatic heterocycles. The Hall–Kier alpha value is -1.66. The van der Waals surface area contributed by atoms with Crippen molar-refractivity contribution in [3.8, 4) is 5.88 Å². The highest BCUT2D eigenvalue weighted by Gasteiger charge is 2.27. The summed E-state index contributed by atoms with van der Waals surface area (Å²) in [7, 11) is 1.74. The van der Waals surface area contributed by atoms with Crippen LogP contribution in [-0.2, 0) is 4.74 Å². The van der Waals surface area contributed by atoms with E-state index < -0.39 is 0 Å². The summed E-state index contributed by atoms with van der Waals surface area (Å²) in [5.74, 6) is 1.53. The van der Waals surface area contributed by atoms with Gasteiger partial charge in [-0.3, -0.25) is 0 Å². The highest BCUT2D eigenvalue weighted by molar-refractivity contribution is 5.71. The van der Waals surface area contributed by atoms with Gasteiger partial charge in [0.05, 0.1) is 24.3 Å². The molecule has 0 radical (unpaired) electrons. The molecule has 6 heteroatoms. The third-order valence-electron chi connectivity index (χ3n) is 3.38. The Morgan fingerprint density at radius 2 is 2.26 bits per heavy atom. The summed E-state index contributed by atoms with van der Waals surface area (Å²) in [6.45, 7) is 3.40. The number of nitrogens with zero attached hydrogens (tertiary/aromatic N) is 2. The topological polar surface area (TPSA) is 72.1 Å². The maximum Gasteiger partial charge on any atom is 0.215 e. The van der Waals surface area contributed by atoms with Crippen LogP contribution in [0.25, 0.3) is 11.2 Å². The fourth-order valence-corrected chi connectivity index (χ4v) is 2.38. The minimum absolute atomic E-state index is 0.203. The maximum atomic E-state index is 5.38. The second-order valence-electron chi connectivity index (χ2n) is 4.63. The van der Waals surface area contributed by atoms with Crippen molar-refractivity contribution in [1.29, 1.82) is 0 Å². The standard InChI is InChI=1S/C13H18N4O2/c1-3-19-11-5-4-9-12(16-11)17-13(15-9)10-6-8(18-2)7-14-10/h4-5,8,10,14H,3,6-7H2,1-2H3,(H,15,16,17). The van der Waals surface area contributed by atoms with E-state index in [-0.39, 0.29) is 12.1 Å². The van der Waals surface area contributed by atoms with E-state index in [1.165, 1.54) is 0 Å². The van der Waals surface area contributed by atoms with Crippen molar-refractivity contribution in [2.24, 2.45) is 0 Å². The predicted octanol–water partition coefficient (Wildman–Crippen LogP) is 1.41. The van der Waals surface area contributed by atoms with Crippen molar-refractivity contribution >= 4 is 11.2 Å². The van der Waals surface area contributed by atoms with Gasteiger partial charge in [0.2, 0.25) is 5.88 Å². The number of hydrogen-bond acceptors (Lipinski definition) is 5. The van der Waals surface area contributed by atoms with Gasteiger partial charge < -0.3 is 19.8 Å². The SMILES string of the molecule is CCOc1ccc2[nH]c(C3CC(OC)CN3)nc2n1. The molecule has 0 amide bonds. The van der Waals surface area contributed by atoms with Gasteiger partial charge >= 0.3 is 0 Å². The first-order valence-electron chi connectivity index (χ1n) is 6.55. The average molecular weight is 262 g/mol. The lowest BCUT2D eigenvalue weighted by molar-refractivity contribution is 0.117. The number of rotatable bonds is 4. The summed E-state index contributed by atoms with van der Waals surface area (Å²) in [5, 5.41) is 3.40. The van der Waals surface area contributed by atoms with Crippen LogP contribution >= 0.6 is 0 Å². The molecule has 0 bridgehead atoms. The van der Waals surface area contributed by atoms with Crippen LogP contribution in [0.15, 0.2) is 12.1 Å². The Kier molecular flexibility index (Phi) is 3.35. The number of H-pyrrole nitrogens is 1. The Morgan fingerprint density at radius 1 is 1.37 bits per heavy atom. The molecule has 1 fully saturated rings. The average Bonchev–Trinajstić information content (AvgIpc) is 3.04. The van der Waals surface area contributed by atoms with Crippen LogP contribution in [0.5, 0.6) is 5.88 Å². The molecule has 0 aromatic carbocycles. The summed E-state index contributed by atoms with van der Waals surface area (Å²) in [6, 6.07) is 4.01. The Balaban J connectivity index is 1.85. The maximum absolute atomic E-state index is 5.38. The number of pyridine rings is 1. The van der Waals surface area contributed by atoms with Crippen LogP contribution in [0.1, 0.15) is 25.2 Å². The monoisotopic (exact) mass is 262 g/mol. The summed E-state index contributed by atoms with van der Waals surface area (Å²) < 4.78 is 10.7. The molecule has 2 unspecified atom stereocenters. The van der Waals surface area contributed by atoms with Crippen molar-refractivity contribution in [2.75, 3.05) is 20.3 Å². The Labute approximate surface area is 111 Å². The van der Waals surface area contributed by atoms with Crippen molar-refractivity contribution in [3.05, 3.63) is 18.0 Å². The highest BCUT2D eigenvalue weighted by atomic mass is 16.5. The summed E-state index contributed by atoms with van der Waals surface area (Å²) in [4.78, 5) is 12.2. The number of imidazole rings is 1. The van der Waals surface area contributed by atoms with E-state index in [2.05, 4.69) is 20.3 Å². The van der Waals surface area contributed by atoms with E-state index in [0.29, 0.717) is 18.1 Å². The largest absolute Gasteiger partial charge is 0.478 e. The van der Waals surface area contributed by atoms with E-state index in [1.807, 2.05) is 19.1 Å². The lowest BCUT2D eigenvalue weighted by atomic mass is 10.2. The zero-order valence-electron chi connectivity index (χ0n) is 11.1. The fourth-order valence-electron chi connectivity index (χ4n) is 2.38. The molecular weight excluding hydrogens is 244 g/mol. The molecule has 102 valence electrons. The number of fused-ring (bicyclic) bond motifs is 1. The Bertz CT molecular complexity index is 569. The van der Waals surface area contributed by atoms with Crippen molar-refractivity contribution in [1.82, 2.24) is 20.3 Å². The molecule has 2 N–H and O–H groups in total. The quantitative estimate of drug-likeness (QED) is 0.871. The smallest absolute Gasteiger partial charge is 0.215 e. The first kappa shape index (κ1) is 12.4. The molecule has 2 atom stereocenters. The molecular formula is C13H18N4O2. The number of hydrogen-bond donors (Lipinski definition) is 2. The van der Waals surface area contributed by atoms with Gasteiger partial charge in [-0.2, -0.15) is 4.98 Å². The van der Waals surface area contributed by atoms with Crippen molar-refractivity contribution in [2.45, 2.75) is 25.5 Å². The van der Waals surface area contributed by atoms with Gasteiger partial charge in [0.1, 0.15) is 5.82 Å². The molecule has 19 heavy (non-hydrogen) atoms. The minimum Gasteiger partial charge on any atom is -0.478 e. The Morgan fingerprint density at radius 3 is 3.00 bits per heavy atom. The molecule has 3 rings (SSSR count). The van der Waals surface area contributed by atoms with Crippen LogP contribution in [0.2, 0.25) is 0 Å². The minimum atomic E-state index is 0.203. The normalized spacial score (nSPS) is 23.1. The molecule has 2 aromatic rings. The second kappa shape index (κ2) is 5.14. The van der Waals surface area contributed by atoms with Crippen molar-refractivity contribution < 1.29 is 9.47 Å². The van der Waals surface area contributed by atoms with Gasteiger partial charge in [0, 0.05) is 19.7 Å². The van der Waals surface area contributed by atoms with Gasteiger partial charge in [-0.05, 0) is 19.4 Å². The van der Waals surface area contributed by atoms with Gasteiger partial charge in [-0.25, -0.2) is 4.98 Å². The lowest BCUT2D eigenvalue weighted by Crippen LogP contribution is -2.16. The van der Waals surface area contributed by atoms with Crippen molar-refractivity contribution in [3.63, 3.8) is 0 Å². The van der Waals surface area contributed by atoms with Crippen LogP contribution in [0.3, 0.4) is 0 Å². The molecule has 0 aliphatic carbocycles. The highest BCUT2D eigenvalue weighted by Crippen LogP contribution is 2.24. The molecule has 3 heterocycles. The first-order valence-corrected chi connectivity index (χ1v) is 6.55. The van der Waals surface area contributed by atoms with Gasteiger partial charge in [-0.15, -0.1) is 0 Å². The summed E-state index contributed by atoms with van der Waals surface area (Å²) >= 11 is 0. The summed E-state index contributed by atoms with van der Waals surface area (Å²) in [6.07, 6.45) is 1.18. The van der Waals surface area contributed by atoms with Gasteiger partial charge in [-0.1, -0.05) is 0 Å². The van der Waals surface area contributed by atoms with Crippen LogP contribution in [0, 0.1) is 0 Å². The molecule has 0 spiro atoms. The second-order valence-corrected chi connectivity index (χ2v) is 4.63. The van der Waals surface area contributed by atoms with E-state index in [0.717, 1.165) is 24.3 Å². The lowest BCUT2D eigenvalue weighted by Gasteiger charge is -2.05. The van der Waals surface area contributed by atoms with E-state index in [1.54, 1.807) is 7.11 Å². The number of ether oxygens (including phenoxy) is 2. The third kappa shape index (κ3) is 2.41. The van der Waals surface area contributed by atoms with E-state index in [4.69, 9.17) is 9.47 Å². The van der Waals surface area contributed by atoms with Gasteiger partial charge in [0.25, 0.3) is 0 Å². The van der Waals surface area contributed by atoms with Crippen LogP contribution in [0.4, 0.5) is 0 Å². The molecule has 1 saturated heterocycles. The van der Waals surface area contributed by atoms with E-state index in [9.17, 15) is 0 Å². The molecule has 6 nitrogen and oxygen atoms in total. The van der Waals surface area contributed by atoms with Gasteiger partial charge in [0.15, 0.2) is 5.65 Å². The fraction of sp³-hybridized carbons (Fsp3) is 0.538. The molecule has 0 saturated carbocycles. The zero-order chi connectivity index (χ0) is 13.2. The number of aromatic nitrogens is 3. The van der Waals surface area contributed by atoms with Crippen LogP contribution < -0.4 is 10.1 Å². The predicted molar refractivity (Wildman–Crippen MR) is 71.2 cm³/mol.